The average Bonchev–Trinajstić information content (AvgIpc) is 3.49. The summed E-state index contributed by atoms with van der Waals surface area (Å²) in [7, 11) is 0. The monoisotopic (exact) mass is 770 g/mol. The van der Waals surface area contributed by atoms with Crippen molar-refractivity contribution in [1.82, 2.24) is 31.1 Å². The number of hydrogen-bond acceptors (Lipinski definition) is 11. The number of nitrogens with one attached hydrogen (secondary N) is 4. The molecule has 4 aliphatic rings. The Balaban J connectivity index is 1.14. The van der Waals surface area contributed by atoms with E-state index < -0.39 is 0 Å². The normalized spacial score (nSPS) is 17.5. The van der Waals surface area contributed by atoms with Crippen molar-refractivity contribution in [3.8, 4) is 23.0 Å². The Bertz CT molecular complexity index is 2220. The zero-order valence-corrected chi connectivity index (χ0v) is 33.0. The maximum Gasteiger partial charge on any atom is 0.251 e. The molecule has 2 fully saturated rings. The summed E-state index contributed by atoms with van der Waals surface area (Å²) in [4.78, 5) is 41.4. The molecule has 2 saturated heterocycles. The average molecular weight is 771 g/mol. The number of nitrogens with zero attached hydrogens (tertiary/aromatic N) is 4. The lowest BCUT2D eigenvalue weighted by Crippen LogP contribution is -2.49. The first-order chi connectivity index (χ1) is 27.6. The van der Waals surface area contributed by atoms with Crippen LogP contribution in [0.4, 0.5) is 11.4 Å². The van der Waals surface area contributed by atoms with Crippen LogP contribution in [0.25, 0.3) is 0 Å². The van der Waals surface area contributed by atoms with Gasteiger partial charge in [0.1, 0.15) is 34.5 Å². The van der Waals surface area contributed by atoms with Crippen molar-refractivity contribution in [3.63, 3.8) is 0 Å². The highest BCUT2D eigenvalue weighted by atomic mass is 16.5. The second-order valence-electron chi connectivity index (χ2n) is 15.5. The molecule has 4 aliphatic heterocycles. The molecule has 4 heterocycles. The molecule has 2 amide bonds. The third kappa shape index (κ3) is 8.36. The lowest BCUT2D eigenvalue weighted by Gasteiger charge is -2.37. The molecule has 0 bridgehead atoms. The van der Waals surface area contributed by atoms with Crippen LogP contribution < -0.4 is 30.7 Å². The SMILES string of the molecule is CCOCCNC(=O)c1ccc2c(c1)N=C(N1CCNC(c3cccc4c3Oc3ccc(C(=O)NC(C)(C)C)cc3N=C4N3CCNCC3)C1)c1ccccc1O2. The van der Waals surface area contributed by atoms with Crippen molar-refractivity contribution in [2.45, 2.75) is 39.3 Å². The van der Waals surface area contributed by atoms with Crippen LogP contribution in [0.15, 0.2) is 88.8 Å². The van der Waals surface area contributed by atoms with E-state index in [0.29, 0.717) is 79.1 Å². The van der Waals surface area contributed by atoms with Gasteiger partial charge >= 0.3 is 0 Å². The van der Waals surface area contributed by atoms with Crippen molar-refractivity contribution in [2.75, 3.05) is 65.6 Å². The predicted octanol–water partition coefficient (Wildman–Crippen LogP) is 5.90. The van der Waals surface area contributed by atoms with E-state index in [1.807, 2.05) is 70.2 Å². The molecule has 0 saturated carbocycles. The molecule has 4 aromatic carbocycles. The number of aliphatic imine (C=N–C) groups is 2. The maximum atomic E-state index is 13.3. The molecule has 13 nitrogen and oxygen atoms in total. The standard InChI is InChI=1S/C44H50N8O5/c1-5-55-24-20-47-42(53)28-13-15-37-33(25-28)48-40(31-9-6-7-12-36(31)56-37)52-23-19-46-35(27-52)30-10-8-11-32-39(30)57-38-16-14-29(43(54)50-44(2,3)4)26-34(38)49-41(32)51-21-17-45-18-22-51/h6-16,25-26,35,45-46H,5,17-24,27H2,1-4H3,(H,47,53)(H,50,54). The van der Waals surface area contributed by atoms with Crippen molar-refractivity contribution in [1.29, 1.82) is 0 Å². The van der Waals surface area contributed by atoms with Gasteiger partial charge in [-0.3, -0.25) is 9.59 Å². The Hall–Kier alpha value is -5.76. The van der Waals surface area contributed by atoms with Gasteiger partial charge in [0.15, 0.2) is 11.5 Å². The van der Waals surface area contributed by atoms with Crippen LogP contribution >= 0.6 is 0 Å². The number of piperazine rings is 2. The van der Waals surface area contributed by atoms with E-state index >= 15 is 0 Å². The number of hydrogen-bond donors (Lipinski definition) is 4. The molecule has 0 radical (unpaired) electrons. The Morgan fingerprint density at radius 3 is 2.19 bits per heavy atom. The molecule has 0 spiro atoms. The first-order valence-corrected chi connectivity index (χ1v) is 19.8. The molecule has 4 aromatic rings. The summed E-state index contributed by atoms with van der Waals surface area (Å²) < 4.78 is 18.7. The van der Waals surface area contributed by atoms with Gasteiger partial charge in [0.25, 0.3) is 11.8 Å². The minimum Gasteiger partial charge on any atom is -0.454 e. The number of para-hydroxylation sites is 2. The van der Waals surface area contributed by atoms with Gasteiger partial charge < -0.3 is 45.3 Å². The Morgan fingerprint density at radius 2 is 1.46 bits per heavy atom. The number of fused-ring (bicyclic) bond motifs is 4. The summed E-state index contributed by atoms with van der Waals surface area (Å²) in [6.45, 7) is 14.5. The summed E-state index contributed by atoms with van der Waals surface area (Å²) in [5, 5.41) is 13.2. The van der Waals surface area contributed by atoms with Crippen LogP contribution in [-0.2, 0) is 4.74 Å². The number of carbonyl (C=O) groups is 2. The third-order valence-electron chi connectivity index (χ3n) is 10.2. The summed E-state index contributed by atoms with van der Waals surface area (Å²) >= 11 is 0. The minimum absolute atomic E-state index is 0.141. The highest BCUT2D eigenvalue weighted by molar-refractivity contribution is 6.06. The molecule has 1 atom stereocenters. The third-order valence-corrected chi connectivity index (χ3v) is 10.2. The van der Waals surface area contributed by atoms with Crippen LogP contribution in [0.1, 0.15) is 71.1 Å². The van der Waals surface area contributed by atoms with Crippen LogP contribution in [0.3, 0.4) is 0 Å². The summed E-state index contributed by atoms with van der Waals surface area (Å²) in [5.74, 6) is 3.82. The summed E-state index contributed by atoms with van der Waals surface area (Å²) in [6, 6.07) is 24.9. The van der Waals surface area contributed by atoms with E-state index in [-0.39, 0.29) is 23.4 Å². The first-order valence-electron chi connectivity index (χ1n) is 19.8. The highest BCUT2D eigenvalue weighted by Crippen LogP contribution is 2.44. The number of rotatable bonds is 7. The molecule has 8 rings (SSSR count). The minimum atomic E-state index is -0.383. The van der Waals surface area contributed by atoms with Crippen LogP contribution in [0.5, 0.6) is 23.0 Å². The van der Waals surface area contributed by atoms with E-state index in [1.54, 1.807) is 18.2 Å². The Kier molecular flexibility index (Phi) is 11.0. The van der Waals surface area contributed by atoms with Crippen LogP contribution in [0.2, 0.25) is 0 Å². The van der Waals surface area contributed by atoms with E-state index in [0.717, 1.165) is 60.3 Å². The molecule has 4 N–H and O–H groups in total. The fourth-order valence-corrected chi connectivity index (χ4v) is 7.51. The van der Waals surface area contributed by atoms with E-state index in [4.69, 9.17) is 24.2 Å². The van der Waals surface area contributed by atoms with Gasteiger partial charge in [-0.25, -0.2) is 9.98 Å². The molecule has 13 heteroatoms. The summed E-state index contributed by atoms with van der Waals surface area (Å²) in [5.41, 5.74) is 4.58. The second kappa shape index (κ2) is 16.4. The van der Waals surface area contributed by atoms with Gasteiger partial charge in [0.05, 0.1) is 23.8 Å². The lowest BCUT2D eigenvalue weighted by atomic mass is 9.98. The Morgan fingerprint density at radius 1 is 0.789 bits per heavy atom. The number of amides is 2. The van der Waals surface area contributed by atoms with Gasteiger partial charge in [-0.15, -0.1) is 0 Å². The maximum absolute atomic E-state index is 13.3. The van der Waals surface area contributed by atoms with Crippen molar-refractivity contribution in [3.05, 3.63) is 107 Å². The van der Waals surface area contributed by atoms with E-state index in [2.05, 4.69) is 49.3 Å². The molecule has 0 aromatic heterocycles. The number of benzene rings is 4. The number of ether oxygens (including phenoxy) is 3. The fourth-order valence-electron chi connectivity index (χ4n) is 7.51. The zero-order valence-electron chi connectivity index (χ0n) is 33.0. The molecule has 57 heavy (non-hydrogen) atoms. The quantitative estimate of drug-likeness (QED) is 0.169. The largest absolute Gasteiger partial charge is 0.454 e. The topological polar surface area (TPSA) is 141 Å². The van der Waals surface area contributed by atoms with Crippen molar-refractivity contribution in [2.24, 2.45) is 9.98 Å². The van der Waals surface area contributed by atoms with E-state index in [1.165, 1.54) is 0 Å². The van der Waals surface area contributed by atoms with Crippen LogP contribution in [-0.4, -0.2) is 104 Å². The van der Waals surface area contributed by atoms with Gasteiger partial charge in [-0.1, -0.05) is 24.3 Å². The number of amidine groups is 2. The Labute approximate surface area is 333 Å². The number of carbonyl (C=O) groups excluding carboxylic acids is 2. The molecular formula is C44H50N8O5. The van der Waals surface area contributed by atoms with Crippen molar-refractivity contribution >= 4 is 34.9 Å². The zero-order chi connectivity index (χ0) is 39.5. The lowest BCUT2D eigenvalue weighted by molar-refractivity contribution is 0.0913. The molecule has 296 valence electrons. The smallest absolute Gasteiger partial charge is 0.251 e. The summed E-state index contributed by atoms with van der Waals surface area (Å²) in [6.07, 6.45) is 0. The van der Waals surface area contributed by atoms with Gasteiger partial charge in [0.2, 0.25) is 0 Å². The molecular weight excluding hydrogens is 721 g/mol. The van der Waals surface area contributed by atoms with Gasteiger partial charge in [0, 0.05) is 81.2 Å². The van der Waals surface area contributed by atoms with Crippen molar-refractivity contribution < 1.29 is 23.8 Å². The van der Waals surface area contributed by atoms with Crippen LogP contribution in [0, 0.1) is 0 Å². The van der Waals surface area contributed by atoms with E-state index in [9.17, 15) is 9.59 Å². The van der Waals surface area contributed by atoms with Gasteiger partial charge in [-0.05, 0) is 82.3 Å². The molecule has 1 unspecified atom stereocenters. The molecule has 0 aliphatic carbocycles. The highest BCUT2D eigenvalue weighted by Gasteiger charge is 2.33. The van der Waals surface area contributed by atoms with Gasteiger partial charge in [-0.2, -0.15) is 0 Å². The second-order valence-corrected chi connectivity index (χ2v) is 15.5. The first kappa shape index (κ1) is 38.1. The predicted molar refractivity (Wildman–Crippen MR) is 221 cm³/mol. The fraction of sp³-hybridized carbons (Fsp3) is 0.364.